The molecule has 3 N–H and O–H groups in total. The van der Waals surface area contributed by atoms with Crippen LogP contribution in [0.1, 0.15) is 20.8 Å². The Kier molecular flexibility index (Phi) is 4.56. The van der Waals surface area contributed by atoms with E-state index in [1.165, 1.54) is 12.3 Å². The lowest BCUT2D eigenvalue weighted by atomic mass is 9.80. The van der Waals surface area contributed by atoms with Gasteiger partial charge < -0.3 is 14.8 Å². The number of hydrogen-bond donors (Lipinski definition) is 3. The van der Waals surface area contributed by atoms with E-state index in [2.05, 4.69) is 10.3 Å². The summed E-state index contributed by atoms with van der Waals surface area (Å²) in [6.07, 6.45) is 0.541. The minimum Gasteiger partial charge on any atom is -0.444 e. The molecule has 0 aliphatic heterocycles. The van der Waals surface area contributed by atoms with Gasteiger partial charge in [-0.05, 0) is 26.8 Å². The first kappa shape index (κ1) is 14.8. The van der Waals surface area contributed by atoms with Crippen LogP contribution in [0.15, 0.2) is 12.3 Å². The maximum Gasteiger partial charge on any atom is 0.492 e. The summed E-state index contributed by atoms with van der Waals surface area (Å²) in [5, 5.41) is 20.8. The van der Waals surface area contributed by atoms with Gasteiger partial charge in [0.2, 0.25) is 0 Å². The van der Waals surface area contributed by atoms with Crippen LogP contribution in [0, 0.1) is 0 Å². The van der Waals surface area contributed by atoms with Crippen LogP contribution in [0.3, 0.4) is 0 Å². The third-order valence-electron chi connectivity index (χ3n) is 1.78. The van der Waals surface area contributed by atoms with Gasteiger partial charge in [0, 0.05) is 11.7 Å². The summed E-state index contributed by atoms with van der Waals surface area (Å²) in [6, 6.07) is 1.30. The molecule has 0 unspecified atom stereocenters. The van der Waals surface area contributed by atoms with Crippen LogP contribution in [0.4, 0.5) is 10.6 Å². The number of amides is 1. The third-order valence-corrected chi connectivity index (χ3v) is 1.99. The van der Waals surface area contributed by atoms with Gasteiger partial charge in [0.25, 0.3) is 0 Å². The Balaban J connectivity index is 2.88. The Morgan fingerprint density at radius 2 is 2.11 bits per heavy atom. The van der Waals surface area contributed by atoms with Crippen molar-refractivity contribution >= 4 is 36.1 Å². The molecule has 1 amide bonds. The number of halogens is 1. The number of anilines is 1. The maximum absolute atomic E-state index is 11.5. The molecule has 1 aromatic rings. The van der Waals surface area contributed by atoms with Crippen LogP contribution in [0.25, 0.3) is 0 Å². The molecule has 0 bridgehead atoms. The Morgan fingerprint density at radius 3 is 2.61 bits per heavy atom. The number of carbonyl (C=O) groups excluding carboxylic acids is 1. The van der Waals surface area contributed by atoms with E-state index in [1.54, 1.807) is 20.8 Å². The number of nitrogens with zero attached hydrogens (tertiary/aromatic N) is 1. The number of pyridine rings is 1. The summed E-state index contributed by atoms with van der Waals surface area (Å²) in [4.78, 5) is 15.3. The number of carbonyl (C=O) groups is 1. The lowest BCUT2D eigenvalue weighted by molar-refractivity contribution is 0.0635. The highest BCUT2D eigenvalue weighted by atomic mass is 35.5. The number of ether oxygens (including phenoxy) is 1. The van der Waals surface area contributed by atoms with Gasteiger partial charge in [-0.2, -0.15) is 0 Å². The Bertz CT molecular complexity index is 448. The van der Waals surface area contributed by atoms with Gasteiger partial charge in [-0.1, -0.05) is 11.6 Å². The standard InChI is InChI=1S/C10H14BClN2O4/c1-10(2,3)18-9(15)14-8-7(11(16)17)4-6(12)5-13-8/h4-5,16-17H,1-3H3,(H,13,14,15). The van der Waals surface area contributed by atoms with E-state index in [0.717, 1.165) is 0 Å². The van der Waals surface area contributed by atoms with Gasteiger partial charge in [0.1, 0.15) is 11.4 Å². The normalized spacial score (nSPS) is 11.0. The predicted molar refractivity (Wildman–Crippen MR) is 68.9 cm³/mol. The average molecular weight is 272 g/mol. The highest BCUT2D eigenvalue weighted by molar-refractivity contribution is 6.61. The van der Waals surface area contributed by atoms with E-state index in [-0.39, 0.29) is 16.3 Å². The molecule has 0 aliphatic carbocycles. The zero-order chi connectivity index (χ0) is 13.9. The summed E-state index contributed by atoms with van der Waals surface area (Å²) in [7, 11) is -1.79. The summed E-state index contributed by atoms with van der Waals surface area (Å²) in [5.74, 6) is -0.0105. The first-order chi connectivity index (χ1) is 8.19. The van der Waals surface area contributed by atoms with Crippen molar-refractivity contribution in [2.24, 2.45) is 0 Å². The van der Waals surface area contributed by atoms with Crippen LogP contribution in [-0.2, 0) is 4.74 Å². The second kappa shape index (κ2) is 5.56. The molecule has 0 aliphatic rings. The lowest BCUT2D eigenvalue weighted by Gasteiger charge is -2.20. The molecule has 1 rings (SSSR count). The fraction of sp³-hybridized carbons (Fsp3) is 0.400. The molecule has 0 saturated carbocycles. The Hall–Kier alpha value is -1.31. The molecular formula is C10H14BClN2O4. The highest BCUT2D eigenvalue weighted by Crippen LogP contribution is 2.11. The topological polar surface area (TPSA) is 91.7 Å². The van der Waals surface area contributed by atoms with E-state index >= 15 is 0 Å². The summed E-state index contributed by atoms with van der Waals surface area (Å²) in [6.45, 7) is 5.14. The molecule has 1 heterocycles. The number of nitrogens with one attached hydrogen (secondary N) is 1. The quantitative estimate of drug-likeness (QED) is 0.691. The van der Waals surface area contributed by atoms with E-state index in [9.17, 15) is 4.79 Å². The minimum absolute atomic E-state index is 0.00615. The van der Waals surface area contributed by atoms with Crippen molar-refractivity contribution in [2.45, 2.75) is 26.4 Å². The van der Waals surface area contributed by atoms with Crippen LogP contribution in [-0.4, -0.2) is 33.8 Å². The second-order valence-corrected chi connectivity index (χ2v) is 5.03. The van der Waals surface area contributed by atoms with Crippen LogP contribution < -0.4 is 10.8 Å². The zero-order valence-electron chi connectivity index (χ0n) is 10.3. The van der Waals surface area contributed by atoms with Crippen LogP contribution in [0.5, 0.6) is 0 Å². The Labute approximate surface area is 110 Å². The summed E-state index contributed by atoms with van der Waals surface area (Å²) in [5.41, 5.74) is -0.664. The fourth-order valence-corrected chi connectivity index (χ4v) is 1.32. The molecule has 8 heteroatoms. The molecule has 98 valence electrons. The molecule has 6 nitrogen and oxygen atoms in total. The van der Waals surface area contributed by atoms with Gasteiger partial charge in [-0.25, -0.2) is 9.78 Å². The highest BCUT2D eigenvalue weighted by Gasteiger charge is 2.22. The third kappa shape index (κ3) is 4.52. The van der Waals surface area contributed by atoms with Crippen LogP contribution >= 0.6 is 11.6 Å². The summed E-state index contributed by atoms with van der Waals surface area (Å²) >= 11 is 5.68. The second-order valence-electron chi connectivity index (χ2n) is 4.59. The predicted octanol–water partition coefficient (Wildman–Crippen LogP) is 0.762. The molecule has 0 spiro atoms. The molecule has 18 heavy (non-hydrogen) atoms. The van der Waals surface area contributed by atoms with Crippen LogP contribution in [0.2, 0.25) is 5.02 Å². The molecular weight excluding hydrogens is 258 g/mol. The minimum atomic E-state index is -1.79. The lowest BCUT2D eigenvalue weighted by Crippen LogP contribution is -2.36. The smallest absolute Gasteiger partial charge is 0.444 e. The van der Waals surface area contributed by atoms with Crippen molar-refractivity contribution in [1.29, 1.82) is 0 Å². The van der Waals surface area contributed by atoms with Gasteiger partial charge in [0.15, 0.2) is 0 Å². The van der Waals surface area contributed by atoms with E-state index in [4.69, 9.17) is 26.4 Å². The molecule has 0 atom stereocenters. The number of rotatable bonds is 2. The van der Waals surface area contributed by atoms with Gasteiger partial charge >= 0.3 is 13.2 Å². The van der Waals surface area contributed by atoms with Gasteiger partial charge in [-0.15, -0.1) is 0 Å². The molecule has 0 aromatic carbocycles. The van der Waals surface area contributed by atoms with Crippen molar-refractivity contribution in [3.05, 3.63) is 17.3 Å². The molecule has 0 saturated heterocycles. The molecule has 0 fully saturated rings. The largest absolute Gasteiger partial charge is 0.492 e. The van der Waals surface area contributed by atoms with Crippen molar-refractivity contribution in [3.8, 4) is 0 Å². The molecule has 1 aromatic heterocycles. The summed E-state index contributed by atoms with van der Waals surface area (Å²) < 4.78 is 5.02. The maximum atomic E-state index is 11.5. The number of aromatic nitrogens is 1. The number of hydrogen-bond acceptors (Lipinski definition) is 5. The van der Waals surface area contributed by atoms with Crippen molar-refractivity contribution in [2.75, 3.05) is 5.32 Å². The average Bonchev–Trinajstić information content (AvgIpc) is 2.17. The van der Waals surface area contributed by atoms with Crippen molar-refractivity contribution in [3.63, 3.8) is 0 Å². The zero-order valence-corrected chi connectivity index (χ0v) is 11.0. The Morgan fingerprint density at radius 1 is 1.50 bits per heavy atom. The SMILES string of the molecule is CC(C)(C)OC(=O)Nc1ncc(Cl)cc1B(O)O. The van der Waals surface area contributed by atoms with E-state index in [0.29, 0.717) is 0 Å². The monoisotopic (exact) mass is 272 g/mol. The van der Waals surface area contributed by atoms with Crippen molar-refractivity contribution < 1.29 is 19.6 Å². The first-order valence-corrected chi connectivity index (χ1v) is 5.58. The van der Waals surface area contributed by atoms with E-state index < -0.39 is 18.8 Å². The first-order valence-electron chi connectivity index (χ1n) is 5.20. The fourth-order valence-electron chi connectivity index (χ4n) is 1.16. The van der Waals surface area contributed by atoms with Gasteiger partial charge in [0.05, 0.1) is 5.02 Å². The molecule has 0 radical (unpaired) electrons. The van der Waals surface area contributed by atoms with Gasteiger partial charge in [-0.3, -0.25) is 5.32 Å². The van der Waals surface area contributed by atoms with Crippen molar-refractivity contribution in [1.82, 2.24) is 4.98 Å². The van der Waals surface area contributed by atoms with E-state index in [1.807, 2.05) is 0 Å².